The summed E-state index contributed by atoms with van der Waals surface area (Å²) < 4.78 is 2.06. The van der Waals surface area contributed by atoms with E-state index in [2.05, 4.69) is 80.3 Å². The first kappa shape index (κ1) is 17.7. The van der Waals surface area contributed by atoms with Crippen molar-refractivity contribution in [2.75, 3.05) is 14.1 Å². The summed E-state index contributed by atoms with van der Waals surface area (Å²) in [6, 6.07) is 19.0. The van der Waals surface area contributed by atoms with Gasteiger partial charge < -0.3 is 14.8 Å². The standard InChI is InChI=1S/C21H25N5/c1-22-21(25(2)15-19-6-4-3-5-7-19)24-14-18-8-10-20(11-9-18)16-26-13-12-23-17-26/h3-13,17H,14-16H2,1-2H3,(H,22,24). The molecule has 3 aromatic rings. The summed E-state index contributed by atoms with van der Waals surface area (Å²) in [6.45, 7) is 2.41. The zero-order valence-corrected chi connectivity index (χ0v) is 15.3. The molecular weight excluding hydrogens is 322 g/mol. The molecule has 1 N–H and O–H groups in total. The number of guanidine groups is 1. The van der Waals surface area contributed by atoms with Crippen molar-refractivity contribution >= 4 is 5.96 Å². The SMILES string of the molecule is CN=C(NCc1ccc(Cn2ccnc2)cc1)N(C)Cc1ccccc1. The van der Waals surface area contributed by atoms with Gasteiger partial charge in [0.25, 0.3) is 0 Å². The number of benzene rings is 2. The van der Waals surface area contributed by atoms with Gasteiger partial charge in [-0.3, -0.25) is 4.99 Å². The van der Waals surface area contributed by atoms with E-state index in [4.69, 9.17) is 0 Å². The van der Waals surface area contributed by atoms with Crippen LogP contribution in [0.5, 0.6) is 0 Å². The van der Waals surface area contributed by atoms with Crippen LogP contribution in [0.15, 0.2) is 78.3 Å². The molecule has 0 aliphatic rings. The fraction of sp³-hybridized carbons (Fsp3) is 0.238. The lowest BCUT2D eigenvalue weighted by molar-refractivity contribution is 0.476. The minimum Gasteiger partial charge on any atom is -0.352 e. The monoisotopic (exact) mass is 347 g/mol. The first-order valence-electron chi connectivity index (χ1n) is 8.74. The molecule has 2 aromatic carbocycles. The highest BCUT2D eigenvalue weighted by molar-refractivity contribution is 5.79. The molecule has 0 unspecified atom stereocenters. The molecule has 0 radical (unpaired) electrons. The molecular formula is C21H25N5. The summed E-state index contributed by atoms with van der Waals surface area (Å²) in [7, 11) is 3.87. The molecule has 0 aliphatic heterocycles. The van der Waals surface area contributed by atoms with Crippen molar-refractivity contribution in [2.45, 2.75) is 19.6 Å². The van der Waals surface area contributed by atoms with E-state index in [0.29, 0.717) is 0 Å². The van der Waals surface area contributed by atoms with Gasteiger partial charge in [0.1, 0.15) is 0 Å². The lowest BCUT2D eigenvalue weighted by Crippen LogP contribution is -2.38. The molecule has 0 saturated carbocycles. The van der Waals surface area contributed by atoms with Gasteiger partial charge in [-0.25, -0.2) is 4.98 Å². The second kappa shape index (κ2) is 8.85. The molecule has 0 atom stereocenters. The molecule has 3 rings (SSSR count). The Labute approximate surface area is 155 Å². The van der Waals surface area contributed by atoms with Crippen LogP contribution < -0.4 is 5.32 Å². The summed E-state index contributed by atoms with van der Waals surface area (Å²) in [5, 5.41) is 3.43. The fourth-order valence-electron chi connectivity index (χ4n) is 2.85. The van der Waals surface area contributed by atoms with E-state index in [0.717, 1.165) is 25.6 Å². The number of aromatic nitrogens is 2. The Hall–Kier alpha value is -3.08. The minimum absolute atomic E-state index is 0.747. The van der Waals surface area contributed by atoms with Gasteiger partial charge in [-0.05, 0) is 16.7 Å². The molecule has 26 heavy (non-hydrogen) atoms. The van der Waals surface area contributed by atoms with E-state index in [-0.39, 0.29) is 0 Å². The smallest absolute Gasteiger partial charge is 0.193 e. The number of nitrogens with zero attached hydrogens (tertiary/aromatic N) is 4. The van der Waals surface area contributed by atoms with Gasteiger partial charge in [-0.15, -0.1) is 0 Å². The first-order chi connectivity index (χ1) is 12.7. The lowest BCUT2D eigenvalue weighted by Gasteiger charge is -2.22. The Morgan fingerprint density at radius 3 is 2.42 bits per heavy atom. The van der Waals surface area contributed by atoms with Crippen LogP contribution in [0.4, 0.5) is 0 Å². The summed E-state index contributed by atoms with van der Waals surface area (Å²) in [4.78, 5) is 10.6. The van der Waals surface area contributed by atoms with E-state index in [1.54, 1.807) is 6.20 Å². The van der Waals surface area contributed by atoms with E-state index in [9.17, 15) is 0 Å². The Balaban J connectivity index is 1.53. The summed E-state index contributed by atoms with van der Waals surface area (Å²) >= 11 is 0. The Morgan fingerprint density at radius 2 is 1.77 bits per heavy atom. The maximum Gasteiger partial charge on any atom is 0.193 e. The van der Waals surface area contributed by atoms with Gasteiger partial charge in [-0.1, -0.05) is 54.6 Å². The zero-order valence-electron chi connectivity index (χ0n) is 15.3. The molecule has 0 spiro atoms. The van der Waals surface area contributed by atoms with Crippen LogP contribution in [0.1, 0.15) is 16.7 Å². The average molecular weight is 347 g/mol. The predicted molar refractivity (Wildman–Crippen MR) is 106 cm³/mol. The van der Waals surface area contributed by atoms with Crippen molar-refractivity contribution in [3.63, 3.8) is 0 Å². The normalized spacial score (nSPS) is 11.4. The van der Waals surface area contributed by atoms with Crippen molar-refractivity contribution in [1.82, 2.24) is 19.8 Å². The molecule has 5 nitrogen and oxygen atoms in total. The maximum atomic E-state index is 4.39. The third-order valence-electron chi connectivity index (χ3n) is 4.23. The van der Waals surface area contributed by atoms with Crippen LogP contribution in [0.25, 0.3) is 0 Å². The van der Waals surface area contributed by atoms with Crippen molar-refractivity contribution in [1.29, 1.82) is 0 Å². The van der Waals surface area contributed by atoms with Crippen LogP contribution in [-0.2, 0) is 19.6 Å². The highest BCUT2D eigenvalue weighted by Crippen LogP contribution is 2.07. The van der Waals surface area contributed by atoms with Gasteiger partial charge >= 0.3 is 0 Å². The van der Waals surface area contributed by atoms with E-state index in [1.165, 1.54) is 16.7 Å². The van der Waals surface area contributed by atoms with Crippen LogP contribution in [0, 0.1) is 0 Å². The number of nitrogens with one attached hydrogen (secondary N) is 1. The molecule has 0 bridgehead atoms. The van der Waals surface area contributed by atoms with Gasteiger partial charge in [-0.2, -0.15) is 0 Å². The third-order valence-corrected chi connectivity index (χ3v) is 4.23. The van der Waals surface area contributed by atoms with Crippen molar-refractivity contribution in [2.24, 2.45) is 4.99 Å². The van der Waals surface area contributed by atoms with Crippen molar-refractivity contribution in [3.8, 4) is 0 Å². The predicted octanol–water partition coefficient (Wildman–Crippen LogP) is 3.14. The van der Waals surface area contributed by atoms with Gasteiger partial charge in [0.05, 0.1) is 6.33 Å². The van der Waals surface area contributed by atoms with Gasteiger partial charge in [0.15, 0.2) is 5.96 Å². The Morgan fingerprint density at radius 1 is 1.04 bits per heavy atom. The van der Waals surface area contributed by atoms with Crippen LogP contribution in [0.2, 0.25) is 0 Å². The number of rotatable bonds is 6. The van der Waals surface area contributed by atoms with Crippen molar-refractivity contribution < 1.29 is 0 Å². The second-order valence-electron chi connectivity index (χ2n) is 6.29. The van der Waals surface area contributed by atoms with Crippen LogP contribution in [-0.4, -0.2) is 34.5 Å². The summed E-state index contributed by atoms with van der Waals surface area (Å²) in [5.74, 6) is 0.886. The topological polar surface area (TPSA) is 45.5 Å². The Kier molecular flexibility index (Phi) is 6.04. The van der Waals surface area contributed by atoms with Crippen LogP contribution in [0.3, 0.4) is 0 Å². The number of hydrogen-bond donors (Lipinski definition) is 1. The van der Waals surface area contributed by atoms with Gasteiger partial charge in [0, 0.05) is 46.1 Å². The molecule has 0 saturated heterocycles. The molecule has 0 aliphatic carbocycles. The van der Waals surface area contributed by atoms with Crippen LogP contribution >= 0.6 is 0 Å². The van der Waals surface area contributed by atoms with E-state index >= 15 is 0 Å². The summed E-state index contributed by atoms with van der Waals surface area (Å²) in [6.07, 6.45) is 5.61. The molecule has 1 aromatic heterocycles. The van der Waals surface area contributed by atoms with E-state index in [1.807, 2.05) is 25.6 Å². The second-order valence-corrected chi connectivity index (χ2v) is 6.29. The molecule has 1 heterocycles. The summed E-state index contributed by atoms with van der Waals surface area (Å²) in [5.41, 5.74) is 3.76. The maximum absolute atomic E-state index is 4.39. The van der Waals surface area contributed by atoms with Crippen molar-refractivity contribution in [3.05, 3.63) is 90.0 Å². The molecule has 0 fully saturated rings. The molecule has 0 amide bonds. The minimum atomic E-state index is 0.747. The average Bonchev–Trinajstić information content (AvgIpc) is 3.17. The highest BCUT2D eigenvalue weighted by Gasteiger charge is 2.06. The largest absolute Gasteiger partial charge is 0.352 e. The molecule has 5 heteroatoms. The zero-order chi connectivity index (χ0) is 18.2. The number of hydrogen-bond acceptors (Lipinski definition) is 2. The Bertz CT molecular complexity index is 807. The fourth-order valence-corrected chi connectivity index (χ4v) is 2.85. The molecule has 134 valence electrons. The third kappa shape index (κ3) is 4.96. The van der Waals surface area contributed by atoms with E-state index < -0.39 is 0 Å². The highest BCUT2D eigenvalue weighted by atomic mass is 15.3. The first-order valence-corrected chi connectivity index (χ1v) is 8.74. The number of imidazole rings is 1. The number of aliphatic imine (C=N–C) groups is 1. The lowest BCUT2D eigenvalue weighted by atomic mass is 10.1. The van der Waals surface area contributed by atoms with Gasteiger partial charge in [0.2, 0.25) is 0 Å². The quantitative estimate of drug-likeness (QED) is 0.550.